The fraction of sp³-hybridized carbons (Fsp3) is 0.600. The van der Waals surface area contributed by atoms with Gasteiger partial charge in [0.1, 0.15) is 4.21 Å². The van der Waals surface area contributed by atoms with Crippen LogP contribution < -0.4 is 4.72 Å². The van der Waals surface area contributed by atoms with Gasteiger partial charge >= 0.3 is 0 Å². The summed E-state index contributed by atoms with van der Waals surface area (Å²) in [5.74, 6) is 0. The van der Waals surface area contributed by atoms with Crippen molar-refractivity contribution in [2.75, 3.05) is 19.3 Å². The van der Waals surface area contributed by atoms with Gasteiger partial charge in [0.25, 0.3) is 0 Å². The Bertz CT molecular complexity index is 591. The van der Waals surface area contributed by atoms with Gasteiger partial charge in [-0.25, -0.2) is 21.6 Å². The fourth-order valence-electron chi connectivity index (χ4n) is 1.58. The van der Waals surface area contributed by atoms with Crippen molar-refractivity contribution in [2.45, 2.75) is 24.1 Å². The second kappa shape index (κ2) is 6.31. The fourth-order valence-corrected chi connectivity index (χ4v) is 4.83. The molecule has 1 rings (SSSR count). The largest absolute Gasteiger partial charge is 0.250 e. The summed E-state index contributed by atoms with van der Waals surface area (Å²) in [5.41, 5.74) is 0. The summed E-state index contributed by atoms with van der Waals surface area (Å²) in [6.45, 7) is 3.65. The third-order valence-corrected chi connectivity index (χ3v) is 6.70. The quantitative estimate of drug-likeness (QED) is 0.799. The molecule has 110 valence electrons. The maximum atomic E-state index is 11.8. The zero-order valence-electron chi connectivity index (χ0n) is 11.0. The SMILES string of the molecule is CC(C)N(CCNS(=O)(=O)c1cccs1)S(C)(=O)=O. The topological polar surface area (TPSA) is 83.6 Å². The zero-order valence-corrected chi connectivity index (χ0v) is 13.5. The monoisotopic (exact) mass is 326 g/mol. The highest BCUT2D eigenvalue weighted by Crippen LogP contribution is 2.15. The lowest BCUT2D eigenvalue weighted by Gasteiger charge is -2.23. The van der Waals surface area contributed by atoms with E-state index in [1.165, 1.54) is 10.4 Å². The number of sulfonamides is 2. The number of hydrogen-bond acceptors (Lipinski definition) is 5. The molecule has 1 aromatic rings. The van der Waals surface area contributed by atoms with Crippen LogP contribution in [0.1, 0.15) is 13.8 Å². The van der Waals surface area contributed by atoms with Crippen LogP contribution in [0.25, 0.3) is 0 Å². The predicted octanol–water partition coefficient (Wildman–Crippen LogP) is 0.696. The van der Waals surface area contributed by atoms with Gasteiger partial charge in [-0.3, -0.25) is 0 Å². The van der Waals surface area contributed by atoms with Crippen molar-refractivity contribution < 1.29 is 16.8 Å². The maximum absolute atomic E-state index is 11.8. The summed E-state index contributed by atoms with van der Waals surface area (Å²) in [6, 6.07) is 2.95. The normalized spacial score (nSPS) is 13.3. The molecule has 0 spiro atoms. The van der Waals surface area contributed by atoms with Gasteiger partial charge in [-0.05, 0) is 25.3 Å². The summed E-state index contributed by atoms with van der Waals surface area (Å²) >= 11 is 1.12. The average Bonchev–Trinajstić information content (AvgIpc) is 2.75. The van der Waals surface area contributed by atoms with Crippen LogP contribution in [-0.4, -0.2) is 46.5 Å². The predicted molar refractivity (Wildman–Crippen MR) is 76.2 cm³/mol. The van der Waals surface area contributed by atoms with Crippen molar-refractivity contribution in [3.63, 3.8) is 0 Å². The van der Waals surface area contributed by atoms with E-state index < -0.39 is 20.0 Å². The smallest absolute Gasteiger partial charge is 0.212 e. The summed E-state index contributed by atoms with van der Waals surface area (Å²) in [7, 11) is -6.87. The number of rotatable bonds is 7. The van der Waals surface area contributed by atoms with E-state index in [2.05, 4.69) is 4.72 Å². The van der Waals surface area contributed by atoms with Crippen LogP contribution in [-0.2, 0) is 20.0 Å². The van der Waals surface area contributed by atoms with Gasteiger partial charge in [-0.15, -0.1) is 11.3 Å². The van der Waals surface area contributed by atoms with Crippen molar-refractivity contribution in [3.05, 3.63) is 17.5 Å². The van der Waals surface area contributed by atoms with Crippen molar-refractivity contribution in [1.82, 2.24) is 9.03 Å². The number of nitrogens with one attached hydrogen (secondary N) is 1. The summed E-state index contributed by atoms with van der Waals surface area (Å²) in [4.78, 5) is 0. The molecule has 0 aliphatic rings. The van der Waals surface area contributed by atoms with Crippen LogP contribution in [0.15, 0.2) is 21.7 Å². The molecule has 0 fully saturated rings. The lowest BCUT2D eigenvalue weighted by molar-refractivity contribution is 0.360. The Morgan fingerprint density at radius 3 is 2.37 bits per heavy atom. The van der Waals surface area contributed by atoms with Gasteiger partial charge in [0, 0.05) is 19.1 Å². The van der Waals surface area contributed by atoms with Crippen LogP contribution >= 0.6 is 11.3 Å². The third kappa shape index (κ3) is 4.84. The van der Waals surface area contributed by atoms with Crippen molar-refractivity contribution in [3.8, 4) is 0 Å². The van der Waals surface area contributed by atoms with Gasteiger partial charge in [0.15, 0.2) is 0 Å². The number of hydrogen-bond donors (Lipinski definition) is 1. The highest BCUT2D eigenvalue weighted by Gasteiger charge is 2.21. The van der Waals surface area contributed by atoms with E-state index in [0.29, 0.717) is 0 Å². The van der Waals surface area contributed by atoms with E-state index >= 15 is 0 Å². The molecular formula is C10H18N2O4S3. The number of thiophene rings is 1. The second-order valence-electron chi connectivity index (χ2n) is 4.30. The van der Waals surface area contributed by atoms with E-state index in [9.17, 15) is 16.8 Å². The third-order valence-electron chi connectivity index (χ3n) is 2.39. The molecule has 6 nitrogen and oxygen atoms in total. The molecular weight excluding hydrogens is 308 g/mol. The minimum absolute atomic E-state index is 0.0471. The molecule has 1 heterocycles. The van der Waals surface area contributed by atoms with E-state index in [1.54, 1.807) is 25.3 Å². The highest BCUT2D eigenvalue weighted by atomic mass is 32.2. The van der Waals surface area contributed by atoms with Gasteiger partial charge in [0.05, 0.1) is 6.26 Å². The van der Waals surface area contributed by atoms with Gasteiger partial charge < -0.3 is 0 Å². The second-order valence-corrected chi connectivity index (χ2v) is 9.17. The molecule has 0 atom stereocenters. The molecule has 0 aliphatic heterocycles. The van der Waals surface area contributed by atoms with E-state index in [0.717, 1.165) is 17.6 Å². The van der Waals surface area contributed by atoms with E-state index in [1.807, 2.05) is 0 Å². The molecule has 1 N–H and O–H groups in total. The standard InChI is InChI=1S/C10H18N2O4S3/c1-9(2)12(18(3,13)14)7-6-11-19(15,16)10-5-4-8-17-10/h4-5,8-9,11H,6-7H2,1-3H3. The summed E-state index contributed by atoms with van der Waals surface area (Å²) in [5, 5.41) is 1.67. The first kappa shape index (κ1) is 16.6. The lowest BCUT2D eigenvalue weighted by atomic mass is 10.4. The summed E-state index contributed by atoms with van der Waals surface area (Å²) in [6.07, 6.45) is 1.11. The highest BCUT2D eigenvalue weighted by molar-refractivity contribution is 7.91. The Labute approximate surface area is 118 Å². The van der Waals surface area contributed by atoms with Crippen LogP contribution in [0, 0.1) is 0 Å². The first-order chi connectivity index (χ1) is 8.64. The molecule has 0 bridgehead atoms. The molecule has 1 aromatic heterocycles. The molecule has 0 radical (unpaired) electrons. The first-order valence-corrected chi connectivity index (χ1v) is 9.85. The summed E-state index contributed by atoms with van der Waals surface area (Å²) < 4.78 is 50.5. The molecule has 19 heavy (non-hydrogen) atoms. The molecule has 0 saturated heterocycles. The Balaban J connectivity index is 2.64. The van der Waals surface area contributed by atoms with E-state index in [-0.39, 0.29) is 23.3 Å². The molecule has 9 heteroatoms. The van der Waals surface area contributed by atoms with Crippen molar-refractivity contribution in [1.29, 1.82) is 0 Å². The van der Waals surface area contributed by atoms with Crippen LogP contribution in [0.4, 0.5) is 0 Å². The van der Waals surface area contributed by atoms with Gasteiger partial charge in [-0.2, -0.15) is 4.31 Å². The average molecular weight is 326 g/mol. The molecule has 0 saturated carbocycles. The molecule has 0 aliphatic carbocycles. The minimum Gasteiger partial charge on any atom is -0.212 e. The van der Waals surface area contributed by atoms with Crippen LogP contribution in [0.2, 0.25) is 0 Å². The van der Waals surface area contributed by atoms with Crippen LogP contribution in [0.3, 0.4) is 0 Å². The van der Waals surface area contributed by atoms with Crippen molar-refractivity contribution in [2.24, 2.45) is 0 Å². The molecule has 0 unspecified atom stereocenters. The number of nitrogens with zero attached hydrogens (tertiary/aromatic N) is 1. The van der Waals surface area contributed by atoms with Gasteiger partial charge in [-0.1, -0.05) is 6.07 Å². The Kier molecular flexibility index (Phi) is 5.51. The van der Waals surface area contributed by atoms with Gasteiger partial charge in [0.2, 0.25) is 20.0 Å². The molecule has 0 aromatic carbocycles. The van der Waals surface area contributed by atoms with Crippen molar-refractivity contribution >= 4 is 31.4 Å². The lowest BCUT2D eigenvalue weighted by Crippen LogP contribution is -2.41. The Morgan fingerprint density at radius 2 is 1.95 bits per heavy atom. The van der Waals surface area contributed by atoms with E-state index in [4.69, 9.17) is 0 Å². The molecule has 0 amide bonds. The Hall–Kier alpha value is -0.480. The maximum Gasteiger partial charge on any atom is 0.250 e. The first-order valence-electron chi connectivity index (χ1n) is 5.64. The van der Waals surface area contributed by atoms with Crippen LogP contribution in [0.5, 0.6) is 0 Å². The Morgan fingerprint density at radius 1 is 1.32 bits per heavy atom. The zero-order chi connectivity index (χ0) is 14.7. The minimum atomic E-state index is -3.54.